The van der Waals surface area contributed by atoms with Crippen molar-refractivity contribution in [3.8, 4) is 0 Å². The number of ether oxygens (including phenoxy) is 5. The fourth-order valence-corrected chi connectivity index (χ4v) is 7.38. The molecule has 42 heavy (non-hydrogen) atoms. The summed E-state index contributed by atoms with van der Waals surface area (Å²) in [6.07, 6.45) is -2.10. The molecular weight excluding hydrogens is 552 g/mol. The van der Waals surface area contributed by atoms with Crippen LogP contribution >= 0.6 is 0 Å². The van der Waals surface area contributed by atoms with E-state index in [2.05, 4.69) is 0 Å². The topological polar surface area (TPSA) is 161 Å². The number of carbonyl (C=O) groups is 4. The second-order valence-electron chi connectivity index (χ2n) is 12.1. The normalized spacial score (nSPS) is 36.4. The lowest BCUT2D eigenvalue weighted by molar-refractivity contribution is -0.343. The first-order chi connectivity index (χ1) is 19.7. The van der Waals surface area contributed by atoms with Crippen LogP contribution in [0.2, 0.25) is 0 Å². The number of hydrogen-bond donors (Lipinski definition) is 1. The fraction of sp³-hybridized carbons (Fsp3) is 0.600. The molecule has 1 saturated heterocycles. The number of rotatable bonds is 7. The first-order valence-electron chi connectivity index (χ1n) is 14.0. The van der Waals surface area contributed by atoms with Gasteiger partial charge in [-0.25, -0.2) is 9.59 Å². The molecule has 3 aliphatic rings. The molecule has 12 nitrogen and oxygen atoms in total. The van der Waals surface area contributed by atoms with Gasteiger partial charge in [-0.1, -0.05) is 6.92 Å². The van der Waals surface area contributed by atoms with E-state index in [1.807, 2.05) is 0 Å². The molecule has 0 radical (unpaired) electrons. The van der Waals surface area contributed by atoms with Gasteiger partial charge in [-0.2, -0.15) is 0 Å². The molecule has 0 unspecified atom stereocenters. The van der Waals surface area contributed by atoms with Gasteiger partial charge in [0.1, 0.15) is 23.9 Å². The van der Waals surface area contributed by atoms with Crippen molar-refractivity contribution in [1.29, 1.82) is 0 Å². The SMILES string of the molecule is CCC(=O)O[C@H]1C[C@](C)(O)[C@]23OC(C)(C)[C@H](C[C@H](OC(=O)c4ccco4)[C@]2(C)[C@H]1OC(C)=O)[C@@H]3OC(=O)c1ccco1. The Morgan fingerprint density at radius 1 is 0.905 bits per heavy atom. The Hall–Kier alpha value is -3.64. The Kier molecular flexibility index (Phi) is 7.29. The molecule has 2 aromatic rings. The minimum Gasteiger partial charge on any atom is -0.458 e. The van der Waals surface area contributed by atoms with Crippen LogP contribution in [0.25, 0.3) is 0 Å². The zero-order chi connectivity index (χ0) is 30.7. The van der Waals surface area contributed by atoms with Crippen LogP contribution in [-0.4, -0.2) is 70.2 Å². The third-order valence-corrected chi connectivity index (χ3v) is 9.14. The van der Waals surface area contributed by atoms with Crippen LogP contribution in [0.1, 0.15) is 81.9 Å². The molecule has 2 bridgehead atoms. The van der Waals surface area contributed by atoms with E-state index in [1.54, 1.807) is 33.8 Å². The van der Waals surface area contributed by atoms with Gasteiger partial charge >= 0.3 is 23.9 Å². The van der Waals surface area contributed by atoms with Crippen molar-refractivity contribution in [1.82, 2.24) is 0 Å². The van der Waals surface area contributed by atoms with Gasteiger partial charge < -0.3 is 37.6 Å². The molecule has 0 aromatic carbocycles. The zero-order valence-corrected chi connectivity index (χ0v) is 24.4. The van der Waals surface area contributed by atoms with Crippen LogP contribution in [0.15, 0.2) is 45.6 Å². The monoisotopic (exact) mass is 588 g/mol. The molecule has 12 heteroatoms. The maximum atomic E-state index is 13.3. The van der Waals surface area contributed by atoms with E-state index in [0.29, 0.717) is 0 Å². The summed E-state index contributed by atoms with van der Waals surface area (Å²) in [7, 11) is 0. The lowest BCUT2D eigenvalue weighted by atomic mass is 9.47. The lowest BCUT2D eigenvalue weighted by Crippen LogP contribution is -2.81. The number of esters is 4. The highest BCUT2D eigenvalue weighted by Gasteiger charge is 2.84. The van der Waals surface area contributed by atoms with Crippen molar-refractivity contribution in [3.63, 3.8) is 0 Å². The first kappa shape index (κ1) is 29.8. The highest BCUT2D eigenvalue weighted by atomic mass is 16.6. The van der Waals surface area contributed by atoms with Crippen LogP contribution in [0.3, 0.4) is 0 Å². The van der Waals surface area contributed by atoms with E-state index in [9.17, 15) is 24.3 Å². The molecule has 1 aliphatic heterocycles. The average molecular weight is 589 g/mol. The van der Waals surface area contributed by atoms with Crippen molar-refractivity contribution < 1.29 is 56.8 Å². The number of furan rings is 2. The van der Waals surface area contributed by atoms with Crippen LogP contribution in [0.5, 0.6) is 0 Å². The molecule has 3 heterocycles. The minimum atomic E-state index is -1.87. The Morgan fingerprint density at radius 2 is 1.50 bits per heavy atom. The summed E-state index contributed by atoms with van der Waals surface area (Å²) in [5.41, 5.74) is -6.34. The Labute approximate surface area is 242 Å². The van der Waals surface area contributed by atoms with Crippen molar-refractivity contribution in [2.24, 2.45) is 11.3 Å². The van der Waals surface area contributed by atoms with E-state index in [4.69, 9.17) is 32.5 Å². The predicted molar refractivity (Wildman–Crippen MR) is 141 cm³/mol. The van der Waals surface area contributed by atoms with E-state index in [-0.39, 0.29) is 30.8 Å². The van der Waals surface area contributed by atoms with Gasteiger partial charge in [-0.3, -0.25) is 9.59 Å². The summed E-state index contributed by atoms with van der Waals surface area (Å²) < 4.78 is 41.1. The molecule has 0 amide bonds. The molecule has 1 N–H and O–H groups in total. The van der Waals surface area contributed by atoms with Crippen molar-refractivity contribution in [3.05, 3.63) is 48.3 Å². The smallest absolute Gasteiger partial charge is 0.374 e. The van der Waals surface area contributed by atoms with Crippen molar-refractivity contribution >= 4 is 23.9 Å². The molecule has 2 aromatic heterocycles. The molecular formula is C30H36O12. The Balaban J connectivity index is 1.70. The summed E-state index contributed by atoms with van der Waals surface area (Å²) >= 11 is 0. The maximum Gasteiger partial charge on any atom is 0.374 e. The van der Waals surface area contributed by atoms with Gasteiger partial charge in [-0.15, -0.1) is 0 Å². The van der Waals surface area contributed by atoms with Crippen molar-refractivity contribution in [2.45, 2.75) is 102 Å². The average Bonchev–Trinajstić information content (AvgIpc) is 3.66. The molecule has 1 spiro atoms. The molecule has 3 fully saturated rings. The van der Waals surface area contributed by atoms with Gasteiger partial charge in [0, 0.05) is 25.7 Å². The third kappa shape index (κ3) is 4.43. The molecule has 228 valence electrons. The largest absolute Gasteiger partial charge is 0.458 e. The highest BCUT2D eigenvalue weighted by molar-refractivity contribution is 5.87. The number of carbonyl (C=O) groups excluding carboxylic acids is 4. The molecule has 5 rings (SSSR count). The lowest BCUT2D eigenvalue weighted by Gasteiger charge is -2.65. The van der Waals surface area contributed by atoms with E-state index < -0.39 is 76.4 Å². The van der Waals surface area contributed by atoms with Gasteiger partial charge in [0.25, 0.3) is 0 Å². The van der Waals surface area contributed by atoms with E-state index in [0.717, 1.165) is 0 Å². The predicted octanol–water partition coefficient (Wildman–Crippen LogP) is 3.61. The van der Waals surface area contributed by atoms with Gasteiger partial charge in [-0.05, 0) is 58.4 Å². The van der Waals surface area contributed by atoms with Crippen LogP contribution in [0, 0.1) is 11.3 Å². The summed E-state index contributed by atoms with van der Waals surface area (Å²) in [6.45, 7) is 9.51. The van der Waals surface area contributed by atoms with Gasteiger partial charge in [0.05, 0.1) is 29.1 Å². The quantitative estimate of drug-likeness (QED) is 0.370. The van der Waals surface area contributed by atoms with Crippen LogP contribution in [0.4, 0.5) is 0 Å². The number of hydrogen-bond acceptors (Lipinski definition) is 12. The fourth-order valence-electron chi connectivity index (χ4n) is 7.38. The second-order valence-corrected chi connectivity index (χ2v) is 12.1. The summed E-state index contributed by atoms with van der Waals surface area (Å²) in [4.78, 5) is 51.7. The standard InChI is InChI=1S/C30H36O12/c1-7-22(32)39-20-15-28(5,35)30-23(41-26(34)19-11-9-13-37-19)17(27(3,4)42-30)14-21(29(30,6)24(20)38-16(2)31)40-25(33)18-10-8-12-36-18/h8-13,17,20-21,23-24,35H,7,14-15H2,1-6H3/t17-,20+,21+,23+,24+,28+,29-,30+/m1/s1. The number of fused-ring (bicyclic) bond motifs is 1. The number of aliphatic hydroxyl groups is 1. The minimum absolute atomic E-state index is 0.0270. The van der Waals surface area contributed by atoms with Crippen LogP contribution in [-0.2, 0) is 33.3 Å². The zero-order valence-electron chi connectivity index (χ0n) is 24.4. The third-order valence-electron chi connectivity index (χ3n) is 9.14. The molecule has 2 aliphatic carbocycles. The first-order valence-corrected chi connectivity index (χ1v) is 14.0. The summed E-state index contributed by atoms with van der Waals surface area (Å²) in [5.74, 6) is -3.58. The molecule has 2 saturated carbocycles. The van der Waals surface area contributed by atoms with Crippen molar-refractivity contribution in [2.75, 3.05) is 0 Å². The van der Waals surface area contributed by atoms with Gasteiger partial charge in [0.2, 0.25) is 11.5 Å². The Morgan fingerprint density at radius 3 is 2.02 bits per heavy atom. The highest BCUT2D eigenvalue weighted by Crippen LogP contribution is 2.69. The molecule has 8 atom stereocenters. The van der Waals surface area contributed by atoms with E-state index >= 15 is 0 Å². The Bertz CT molecular complexity index is 1340. The maximum absolute atomic E-state index is 13.3. The van der Waals surface area contributed by atoms with E-state index in [1.165, 1.54) is 44.6 Å². The summed E-state index contributed by atoms with van der Waals surface area (Å²) in [5, 5.41) is 12.4. The second kappa shape index (κ2) is 10.3. The summed E-state index contributed by atoms with van der Waals surface area (Å²) in [6, 6.07) is 5.97. The van der Waals surface area contributed by atoms with Crippen LogP contribution < -0.4 is 0 Å². The van der Waals surface area contributed by atoms with Gasteiger partial charge in [0.15, 0.2) is 6.10 Å².